The number of anilines is 1. The fraction of sp³-hybridized carbons (Fsp3) is 0.381. The molecule has 1 aliphatic rings. The summed E-state index contributed by atoms with van der Waals surface area (Å²) < 4.78 is 10.6. The van der Waals surface area contributed by atoms with Crippen molar-refractivity contribution >= 4 is 39.1 Å². The van der Waals surface area contributed by atoms with Gasteiger partial charge in [-0.1, -0.05) is 11.3 Å². The van der Waals surface area contributed by atoms with Gasteiger partial charge in [0.15, 0.2) is 10.9 Å². The van der Waals surface area contributed by atoms with Crippen molar-refractivity contribution in [1.29, 1.82) is 0 Å². The molecule has 152 valence electrons. The van der Waals surface area contributed by atoms with Crippen LogP contribution < -0.4 is 4.90 Å². The van der Waals surface area contributed by atoms with Gasteiger partial charge in [-0.3, -0.25) is 4.79 Å². The molecule has 0 aliphatic carbocycles. The van der Waals surface area contributed by atoms with Crippen LogP contribution in [0.1, 0.15) is 38.2 Å². The molecular weight excluding hydrogens is 390 g/mol. The van der Waals surface area contributed by atoms with E-state index in [4.69, 9.17) is 9.47 Å². The largest absolute Gasteiger partial charge is 0.465 e. The van der Waals surface area contributed by atoms with E-state index < -0.39 is 0 Å². The third kappa shape index (κ3) is 3.77. The van der Waals surface area contributed by atoms with Gasteiger partial charge in [0, 0.05) is 30.6 Å². The Morgan fingerprint density at radius 3 is 2.97 bits per heavy atom. The highest BCUT2D eigenvalue weighted by molar-refractivity contribution is 7.17. The first-order valence-corrected chi connectivity index (χ1v) is 10.3. The van der Waals surface area contributed by atoms with Gasteiger partial charge in [-0.15, -0.1) is 0 Å². The predicted octanol–water partition coefficient (Wildman–Crippen LogP) is 3.37. The van der Waals surface area contributed by atoms with E-state index in [1.165, 1.54) is 18.4 Å². The molecule has 0 saturated carbocycles. The molecule has 4 rings (SSSR count). The summed E-state index contributed by atoms with van der Waals surface area (Å²) in [5.74, 6) is -0.306. The number of thiazole rings is 1. The summed E-state index contributed by atoms with van der Waals surface area (Å²) in [6.45, 7) is 5.39. The Kier molecular flexibility index (Phi) is 5.38. The molecule has 0 spiro atoms. The maximum Gasteiger partial charge on any atom is 0.337 e. The van der Waals surface area contributed by atoms with Crippen LogP contribution in [0.2, 0.25) is 0 Å². The minimum absolute atomic E-state index is 0.0445. The maximum absolute atomic E-state index is 11.9. The van der Waals surface area contributed by atoms with E-state index >= 15 is 0 Å². The van der Waals surface area contributed by atoms with Crippen LogP contribution >= 0.6 is 11.3 Å². The summed E-state index contributed by atoms with van der Waals surface area (Å²) in [5, 5.41) is 1.86. The average Bonchev–Trinajstić information content (AvgIpc) is 3.31. The van der Waals surface area contributed by atoms with Crippen LogP contribution in [0.15, 0.2) is 24.4 Å². The Hall–Kier alpha value is -2.71. The summed E-state index contributed by atoms with van der Waals surface area (Å²) in [6.07, 6.45) is 2.71. The van der Waals surface area contributed by atoms with Crippen LogP contribution in [-0.4, -0.2) is 54.6 Å². The lowest BCUT2D eigenvalue weighted by molar-refractivity contribution is 0.0600. The topological polar surface area (TPSA) is 84.5 Å². The van der Waals surface area contributed by atoms with E-state index in [0.29, 0.717) is 23.7 Å². The summed E-state index contributed by atoms with van der Waals surface area (Å²) >= 11 is 1.44. The highest BCUT2D eigenvalue weighted by Crippen LogP contribution is 2.31. The molecule has 1 aromatic carbocycles. The van der Waals surface area contributed by atoms with Gasteiger partial charge >= 0.3 is 5.97 Å². The number of ketones is 1. The molecule has 1 N–H and O–H groups in total. The summed E-state index contributed by atoms with van der Waals surface area (Å²) in [5.41, 5.74) is 3.38. The van der Waals surface area contributed by atoms with Crippen molar-refractivity contribution in [3.63, 3.8) is 0 Å². The number of methoxy groups -OCH3 is 1. The van der Waals surface area contributed by atoms with Gasteiger partial charge in [-0.25, -0.2) is 9.78 Å². The Labute approximate surface area is 172 Å². The van der Waals surface area contributed by atoms with Crippen LogP contribution in [0.3, 0.4) is 0 Å². The number of H-pyrrole nitrogens is 1. The fourth-order valence-corrected chi connectivity index (χ4v) is 4.81. The Bertz CT molecular complexity index is 1070. The van der Waals surface area contributed by atoms with Gasteiger partial charge in [-0.05, 0) is 37.1 Å². The second-order valence-electron chi connectivity index (χ2n) is 7.16. The number of aromatic nitrogens is 2. The summed E-state index contributed by atoms with van der Waals surface area (Å²) in [7, 11) is 1.38. The van der Waals surface area contributed by atoms with Crippen molar-refractivity contribution < 1.29 is 19.1 Å². The standard InChI is InChI=1S/C21H23N3O4S/c1-12-19(13(2)25)29-21(23-12)24-6-7-28-11-16(24)8-15-10-22-18-5-4-14(9-17(15)18)20(26)27-3/h4-5,9-10,16,22H,6-8,11H2,1-3H3/t16-/m0/s1. The van der Waals surface area contributed by atoms with Crippen molar-refractivity contribution in [2.75, 3.05) is 31.8 Å². The number of ether oxygens (including phenoxy) is 2. The zero-order chi connectivity index (χ0) is 20.5. The number of benzene rings is 1. The second kappa shape index (κ2) is 7.96. The fourth-order valence-electron chi connectivity index (χ4n) is 3.75. The number of rotatable bonds is 5. The number of carbonyl (C=O) groups is 2. The number of aromatic amines is 1. The van der Waals surface area contributed by atoms with Crippen LogP contribution in [0.5, 0.6) is 0 Å². The number of esters is 1. The van der Waals surface area contributed by atoms with Gasteiger partial charge in [-0.2, -0.15) is 0 Å². The number of Topliss-reactive ketones (excluding diaryl/α,β-unsaturated/α-hetero) is 1. The molecule has 1 atom stereocenters. The Balaban J connectivity index is 1.64. The van der Waals surface area contributed by atoms with Gasteiger partial charge in [0.1, 0.15) is 0 Å². The minimum atomic E-state index is -0.350. The van der Waals surface area contributed by atoms with Crippen molar-refractivity contribution in [2.45, 2.75) is 26.3 Å². The van der Waals surface area contributed by atoms with E-state index in [1.807, 2.05) is 25.3 Å². The molecular formula is C21H23N3O4S. The number of morpholine rings is 1. The minimum Gasteiger partial charge on any atom is -0.465 e. The molecule has 1 saturated heterocycles. The molecule has 2 aromatic heterocycles. The lowest BCUT2D eigenvalue weighted by Gasteiger charge is -2.35. The predicted molar refractivity (Wildman–Crippen MR) is 112 cm³/mol. The van der Waals surface area contributed by atoms with E-state index in [-0.39, 0.29) is 17.8 Å². The van der Waals surface area contributed by atoms with Crippen LogP contribution in [0.25, 0.3) is 10.9 Å². The van der Waals surface area contributed by atoms with Gasteiger partial charge in [0.05, 0.1) is 42.5 Å². The van der Waals surface area contributed by atoms with Crippen molar-refractivity contribution in [3.05, 3.63) is 46.1 Å². The quantitative estimate of drug-likeness (QED) is 0.510. The van der Waals surface area contributed by atoms with E-state index in [1.54, 1.807) is 13.0 Å². The molecule has 0 unspecified atom stereocenters. The van der Waals surface area contributed by atoms with Crippen LogP contribution in [0.4, 0.5) is 5.13 Å². The zero-order valence-electron chi connectivity index (χ0n) is 16.7. The number of aryl methyl sites for hydroxylation is 1. The molecule has 3 aromatic rings. The van der Waals surface area contributed by atoms with Crippen LogP contribution in [0, 0.1) is 6.92 Å². The third-order valence-electron chi connectivity index (χ3n) is 5.22. The van der Waals surface area contributed by atoms with E-state index in [2.05, 4.69) is 14.9 Å². The van der Waals surface area contributed by atoms with Crippen molar-refractivity contribution in [2.24, 2.45) is 0 Å². The first-order chi connectivity index (χ1) is 14.0. The number of carbonyl (C=O) groups excluding carboxylic acids is 2. The number of nitrogens with zero attached hydrogens (tertiary/aromatic N) is 2. The normalized spacial score (nSPS) is 16.9. The SMILES string of the molecule is COC(=O)c1ccc2[nH]cc(C[C@H]3COCCN3c3nc(C)c(C(C)=O)s3)c2c1. The molecule has 1 aliphatic heterocycles. The monoisotopic (exact) mass is 413 g/mol. The highest BCUT2D eigenvalue weighted by Gasteiger charge is 2.28. The summed E-state index contributed by atoms with van der Waals surface area (Å²) in [6, 6.07) is 5.60. The maximum atomic E-state index is 11.9. The molecule has 3 heterocycles. The van der Waals surface area contributed by atoms with Crippen molar-refractivity contribution in [3.8, 4) is 0 Å². The first-order valence-electron chi connectivity index (χ1n) is 9.49. The molecule has 0 bridgehead atoms. The third-order valence-corrected chi connectivity index (χ3v) is 6.52. The van der Waals surface area contributed by atoms with Gasteiger partial charge in [0.25, 0.3) is 0 Å². The molecule has 0 radical (unpaired) electrons. The van der Waals surface area contributed by atoms with Crippen LogP contribution in [-0.2, 0) is 15.9 Å². The Morgan fingerprint density at radius 2 is 2.24 bits per heavy atom. The Morgan fingerprint density at radius 1 is 1.41 bits per heavy atom. The zero-order valence-corrected chi connectivity index (χ0v) is 17.5. The highest BCUT2D eigenvalue weighted by atomic mass is 32.1. The van der Waals surface area contributed by atoms with Gasteiger partial charge < -0.3 is 19.4 Å². The molecule has 0 amide bonds. The molecule has 1 fully saturated rings. The molecule has 7 nitrogen and oxygen atoms in total. The van der Waals surface area contributed by atoms with Crippen molar-refractivity contribution in [1.82, 2.24) is 9.97 Å². The lowest BCUT2D eigenvalue weighted by Crippen LogP contribution is -2.46. The number of fused-ring (bicyclic) bond motifs is 1. The van der Waals surface area contributed by atoms with E-state index in [9.17, 15) is 9.59 Å². The second-order valence-corrected chi connectivity index (χ2v) is 8.14. The molecule has 29 heavy (non-hydrogen) atoms. The molecule has 8 heteroatoms. The first kappa shape index (κ1) is 19.6. The lowest BCUT2D eigenvalue weighted by atomic mass is 10.0. The van der Waals surface area contributed by atoms with E-state index in [0.717, 1.165) is 40.3 Å². The number of hydrogen-bond acceptors (Lipinski definition) is 7. The number of nitrogens with one attached hydrogen (secondary N) is 1. The number of hydrogen-bond donors (Lipinski definition) is 1. The average molecular weight is 413 g/mol. The smallest absolute Gasteiger partial charge is 0.337 e. The summed E-state index contributed by atoms with van der Waals surface area (Å²) in [4.78, 5) is 34.6. The van der Waals surface area contributed by atoms with Gasteiger partial charge in [0.2, 0.25) is 0 Å².